The zero-order valence-corrected chi connectivity index (χ0v) is 15.9. The monoisotopic (exact) mass is 431 g/mol. The average Bonchev–Trinajstić information content (AvgIpc) is 3.28. The number of hydrogen-bond donors (Lipinski definition) is 0. The quantitative estimate of drug-likeness (QED) is 0.357. The van der Waals surface area contributed by atoms with Gasteiger partial charge in [0.2, 0.25) is 4.96 Å². The third-order valence-electron chi connectivity index (χ3n) is 4.32. The Morgan fingerprint density at radius 1 is 1.03 bits per heavy atom. The van der Waals surface area contributed by atoms with Crippen molar-refractivity contribution < 1.29 is 13.2 Å². The van der Waals surface area contributed by atoms with Crippen molar-refractivity contribution in [2.45, 2.75) is 6.18 Å². The van der Waals surface area contributed by atoms with Gasteiger partial charge >= 0.3 is 6.18 Å². The van der Waals surface area contributed by atoms with Crippen molar-refractivity contribution in [2.75, 3.05) is 0 Å². The second-order valence-corrected chi connectivity index (χ2v) is 7.46. The summed E-state index contributed by atoms with van der Waals surface area (Å²) in [7, 11) is 0. The molecule has 0 amide bonds. The molecule has 4 aromatic heterocycles. The predicted molar refractivity (Wildman–Crippen MR) is 105 cm³/mol. The SMILES string of the molecule is FC(F)(F)c1nc2ncccc2cc1-c1nc2scc(-c3ccc(Cl)cc3)n2n1. The molecule has 5 aromatic rings. The fraction of sp³-hybridized carbons (Fsp3) is 0.0526. The molecule has 5 nitrogen and oxygen atoms in total. The smallest absolute Gasteiger partial charge is 0.237 e. The summed E-state index contributed by atoms with van der Waals surface area (Å²) in [4.78, 5) is 12.4. The van der Waals surface area contributed by atoms with Gasteiger partial charge in [-0.3, -0.25) is 0 Å². The Bertz CT molecular complexity index is 1360. The number of halogens is 4. The number of thiazole rings is 1. The van der Waals surface area contributed by atoms with Crippen LogP contribution in [0.2, 0.25) is 5.02 Å². The summed E-state index contributed by atoms with van der Waals surface area (Å²) in [5.74, 6) is -0.0439. The van der Waals surface area contributed by atoms with Gasteiger partial charge in [-0.1, -0.05) is 23.7 Å². The molecule has 0 saturated heterocycles. The van der Waals surface area contributed by atoms with Crippen molar-refractivity contribution in [1.29, 1.82) is 0 Å². The van der Waals surface area contributed by atoms with Gasteiger partial charge < -0.3 is 0 Å². The molecule has 0 N–H and O–H groups in total. The van der Waals surface area contributed by atoms with Gasteiger partial charge in [-0.25, -0.2) is 14.5 Å². The summed E-state index contributed by atoms with van der Waals surface area (Å²) in [5.41, 5.74) is 0.316. The molecule has 0 aliphatic carbocycles. The van der Waals surface area contributed by atoms with Crippen molar-refractivity contribution >= 4 is 38.9 Å². The van der Waals surface area contributed by atoms with Crippen LogP contribution < -0.4 is 0 Å². The highest BCUT2D eigenvalue weighted by molar-refractivity contribution is 7.15. The van der Waals surface area contributed by atoms with E-state index in [0.29, 0.717) is 21.1 Å². The van der Waals surface area contributed by atoms with E-state index in [2.05, 4.69) is 20.1 Å². The first-order valence-electron chi connectivity index (χ1n) is 8.34. The van der Waals surface area contributed by atoms with E-state index in [1.807, 2.05) is 17.5 Å². The highest BCUT2D eigenvalue weighted by atomic mass is 35.5. The highest BCUT2D eigenvalue weighted by Crippen LogP contribution is 2.37. The first kappa shape index (κ1) is 18.0. The maximum atomic E-state index is 13.7. The van der Waals surface area contributed by atoms with Crippen LogP contribution in [0, 0.1) is 0 Å². The summed E-state index contributed by atoms with van der Waals surface area (Å²) in [5, 5.41) is 7.25. The van der Waals surface area contributed by atoms with Gasteiger partial charge in [0.1, 0.15) is 0 Å². The molecule has 144 valence electrons. The Balaban J connectivity index is 1.71. The van der Waals surface area contributed by atoms with E-state index < -0.39 is 11.9 Å². The minimum absolute atomic E-state index is 0.0199. The number of fused-ring (bicyclic) bond motifs is 2. The van der Waals surface area contributed by atoms with Crippen LogP contribution in [-0.4, -0.2) is 24.6 Å². The van der Waals surface area contributed by atoms with Crippen LogP contribution in [0.15, 0.2) is 54.0 Å². The maximum Gasteiger partial charge on any atom is 0.434 e. The Morgan fingerprint density at radius 3 is 2.59 bits per heavy atom. The fourth-order valence-corrected chi connectivity index (χ4v) is 3.96. The van der Waals surface area contributed by atoms with E-state index in [9.17, 15) is 13.2 Å². The van der Waals surface area contributed by atoms with E-state index >= 15 is 0 Å². The van der Waals surface area contributed by atoms with E-state index in [0.717, 1.165) is 5.56 Å². The van der Waals surface area contributed by atoms with E-state index in [4.69, 9.17) is 11.6 Å². The summed E-state index contributed by atoms with van der Waals surface area (Å²) in [6.45, 7) is 0. The van der Waals surface area contributed by atoms with Crippen molar-refractivity contribution in [3.63, 3.8) is 0 Å². The molecule has 4 heterocycles. The highest BCUT2D eigenvalue weighted by Gasteiger charge is 2.37. The summed E-state index contributed by atoms with van der Waals surface area (Å²) in [6.07, 6.45) is -3.27. The first-order chi connectivity index (χ1) is 13.9. The van der Waals surface area contributed by atoms with Crippen molar-refractivity contribution in [3.8, 4) is 22.6 Å². The van der Waals surface area contributed by atoms with Crippen LogP contribution in [0.25, 0.3) is 38.6 Å². The molecule has 0 atom stereocenters. The third-order valence-corrected chi connectivity index (χ3v) is 5.39. The minimum atomic E-state index is -4.67. The predicted octanol–water partition coefficient (Wildman–Crippen LogP) is 5.74. The molecule has 0 fully saturated rings. The zero-order valence-electron chi connectivity index (χ0n) is 14.4. The molecule has 0 spiro atoms. The molecule has 0 unspecified atom stereocenters. The average molecular weight is 432 g/mol. The number of nitrogens with zero attached hydrogens (tertiary/aromatic N) is 5. The minimum Gasteiger partial charge on any atom is -0.237 e. The second-order valence-electron chi connectivity index (χ2n) is 6.19. The Hall–Kier alpha value is -3.04. The lowest BCUT2D eigenvalue weighted by molar-refractivity contribution is -0.140. The normalized spacial score (nSPS) is 12.1. The molecular weight excluding hydrogens is 423 g/mol. The zero-order chi connectivity index (χ0) is 20.2. The molecule has 5 rings (SSSR count). The summed E-state index contributed by atoms with van der Waals surface area (Å²) < 4.78 is 42.5. The molecule has 0 bridgehead atoms. The van der Waals surface area contributed by atoms with E-state index in [-0.39, 0.29) is 17.0 Å². The lowest BCUT2D eigenvalue weighted by Crippen LogP contribution is -2.11. The second kappa shape index (κ2) is 6.50. The molecule has 0 saturated carbocycles. The lowest BCUT2D eigenvalue weighted by atomic mass is 10.1. The first-order valence-corrected chi connectivity index (χ1v) is 9.59. The van der Waals surface area contributed by atoms with Crippen LogP contribution >= 0.6 is 22.9 Å². The molecule has 0 aliphatic heterocycles. The van der Waals surface area contributed by atoms with Crippen LogP contribution in [-0.2, 0) is 6.18 Å². The van der Waals surface area contributed by atoms with E-state index in [1.54, 1.807) is 24.3 Å². The van der Waals surface area contributed by atoms with Crippen LogP contribution in [0.3, 0.4) is 0 Å². The van der Waals surface area contributed by atoms with Crippen LogP contribution in [0.1, 0.15) is 5.69 Å². The van der Waals surface area contributed by atoms with Gasteiger partial charge in [-0.2, -0.15) is 18.2 Å². The molecule has 0 radical (unpaired) electrons. The van der Waals surface area contributed by atoms with Gasteiger partial charge in [0.15, 0.2) is 17.2 Å². The number of pyridine rings is 2. The molecule has 29 heavy (non-hydrogen) atoms. The molecular formula is C19H9ClF3N5S. The van der Waals surface area contributed by atoms with Gasteiger partial charge in [0, 0.05) is 27.5 Å². The van der Waals surface area contributed by atoms with Crippen LogP contribution in [0.4, 0.5) is 13.2 Å². The van der Waals surface area contributed by atoms with Gasteiger partial charge in [0.25, 0.3) is 0 Å². The van der Waals surface area contributed by atoms with Crippen molar-refractivity contribution in [2.24, 2.45) is 0 Å². The van der Waals surface area contributed by atoms with Gasteiger partial charge in [-0.05, 0) is 30.3 Å². The lowest BCUT2D eigenvalue weighted by Gasteiger charge is -2.10. The number of alkyl halides is 3. The summed E-state index contributed by atoms with van der Waals surface area (Å²) in [6, 6.07) is 11.8. The topological polar surface area (TPSA) is 56.0 Å². The fourth-order valence-electron chi connectivity index (χ4n) is 3.01. The Labute approximate surface area is 170 Å². The number of aromatic nitrogens is 5. The van der Waals surface area contributed by atoms with E-state index in [1.165, 1.54) is 28.1 Å². The third kappa shape index (κ3) is 3.12. The summed E-state index contributed by atoms with van der Waals surface area (Å²) >= 11 is 7.22. The number of rotatable bonds is 2. The maximum absolute atomic E-state index is 13.7. The van der Waals surface area contributed by atoms with Crippen LogP contribution in [0.5, 0.6) is 0 Å². The molecule has 0 aliphatic rings. The number of benzene rings is 1. The largest absolute Gasteiger partial charge is 0.434 e. The molecule has 10 heteroatoms. The Kier molecular flexibility index (Phi) is 4.04. The van der Waals surface area contributed by atoms with Crippen molar-refractivity contribution in [3.05, 3.63) is 64.8 Å². The van der Waals surface area contributed by atoms with Crippen molar-refractivity contribution in [1.82, 2.24) is 24.6 Å². The number of hydrogen-bond acceptors (Lipinski definition) is 5. The Morgan fingerprint density at radius 2 is 1.83 bits per heavy atom. The van der Waals surface area contributed by atoms with Gasteiger partial charge in [0.05, 0.1) is 11.3 Å². The molecule has 1 aromatic carbocycles. The standard InChI is InChI=1S/C19H9ClF3N5S/c20-12-5-3-10(4-6-12)14-9-29-18-26-17(27-28(14)18)13-8-11-2-1-7-24-16(11)25-15(13)19(21,22)23/h1-9H. The van der Waals surface area contributed by atoms with Gasteiger partial charge in [-0.15, -0.1) is 16.4 Å².